The van der Waals surface area contributed by atoms with Crippen molar-refractivity contribution in [2.75, 3.05) is 19.8 Å². The minimum atomic E-state index is 0.255. The largest absolute Gasteiger partial charge is 0.381 e. The predicted molar refractivity (Wildman–Crippen MR) is 71.3 cm³/mol. The van der Waals surface area contributed by atoms with Crippen LogP contribution in [0.3, 0.4) is 0 Å². The molecule has 17 heavy (non-hydrogen) atoms. The molecule has 1 saturated heterocycles. The predicted octanol–water partition coefficient (Wildman–Crippen LogP) is 2.70. The highest BCUT2D eigenvalue weighted by Crippen LogP contribution is 2.39. The van der Waals surface area contributed by atoms with Crippen LogP contribution in [0.4, 0.5) is 0 Å². The number of benzene rings is 1. The van der Waals surface area contributed by atoms with Crippen LogP contribution in [0.5, 0.6) is 0 Å². The molecule has 94 valence electrons. The van der Waals surface area contributed by atoms with Gasteiger partial charge in [-0.2, -0.15) is 0 Å². The number of ether oxygens (including phenoxy) is 1. The van der Waals surface area contributed by atoms with Crippen molar-refractivity contribution in [1.29, 1.82) is 0 Å². The Hall–Kier alpha value is -0.860. The van der Waals surface area contributed by atoms with E-state index in [-0.39, 0.29) is 5.41 Å². The smallest absolute Gasteiger partial charge is 0.0474 e. The summed E-state index contributed by atoms with van der Waals surface area (Å²) in [5.74, 6) is 0. The standard InChI is InChI=1S/C15H23NO/c1-12-3-4-14(13(2)11-12)15(5-8-16)6-9-17-10-7-15/h3-4,11H,5-10,16H2,1-2H3. The molecule has 2 rings (SSSR count). The molecule has 1 fully saturated rings. The zero-order chi connectivity index (χ0) is 12.3. The van der Waals surface area contributed by atoms with Gasteiger partial charge in [0.2, 0.25) is 0 Å². The van der Waals surface area contributed by atoms with Crippen molar-refractivity contribution in [3.05, 3.63) is 34.9 Å². The van der Waals surface area contributed by atoms with Gasteiger partial charge in [-0.15, -0.1) is 0 Å². The SMILES string of the molecule is Cc1ccc(C2(CCN)CCOCC2)c(C)c1. The first-order valence-corrected chi connectivity index (χ1v) is 6.53. The van der Waals surface area contributed by atoms with Crippen LogP contribution in [0.1, 0.15) is 36.0 Å². The van der Waals surface area contributed by atoms with E-state index in [1.807, 2.05) is 0 Å². The van der Waals surface area contributed by atoms with Gasteiger partial charge < -0.3 is 10.5 Å². The Labute approximate surface area is 104 Å². The van der Waals surface area contributed by atoms with Crippen LogP contribution >= 0.6 is 0 Å². The Morgan fingerprint density at radius 2 is 1.94 bits per heavy atom. The van der Waals surface area contributed by atoms with E-state index < -0.39 is 0 Å². The van der Waals surface area contributed by atoms with Crippen molar-refractivity contribution in [1.82, 2.24) is 0 Å². The topological polar surface area (TPSA) is 35.2 Å². The van der Waals surface area contributed by atoms with E-state index in [1.54, 1.807) is 0 Å². The lowest BCUT2D eigenvalue weighted by Gasteiger charge is -2.38. The second-order valence-electron chi connectivity index (χ2n) is 5.25. The number of hydrogen-bond acceptors (Lipinski definition) is 2. The molecule has 1 aliphatic heterocycles. The third-order valence-corrected chi connectivity index (χ3v) is 4.03. The maximum Gasteiger partial charge on any atom is 0.0474 e. The van der Waals surface area contributed by atoms with Crippen LogP contribution in [0.2, 0.25) is 0 Å². The first kappa shape index (κ1) is 12.6. The van der Waals surface area contributed by atoms with Gasteiger partial charge in [0.25, 0.3) is 0 Å². The van der Waals surface area contributed by atoms with Crippen molar-refractivity contribution in [2.24, 2.45) is 5.73 Å². The molecule has 0 aliphatic carbocycles. The molecule has 2 heteroatoms. The maximum absolute atomic E-state index is 5.82. The fourth-order valence-corrected chi connectivity index (χ4v) is 3.10. The lowest BCUT2D eigenvalue weighted by Crippen LogP contribution is -2.36. The Morgan fingerprint density at radius 3 is 2.53 bits per heavy atom. The summed E-state index contributed by atoms with van der Waals surface area (Å²) in [6.07, 6.45) is 3.28. The molecule has 0 unspecified atom stereocenters. The van der Waals surface area contributed by atoms with Crippen LogP contribution in [-0.2, 0) is 10.2 Å². The zero-order valence-corrected chi connectivity index (χ0v) is 11.0. The average Bonchev–Trinajstić information content (AvgIpc) is 2.30. The van der Waals surface area contributed by atoms with Gasteiger partial charge in [-0.25, -0.2) is 0 Å². The van der Waals surface area contributed by atoms with Gasteiger partial charge in [0.1, 0.15) is 0 Å². The fourth-order valence-electron chi connectivity index (χ4n) is 3.10. The number of aryl methyl sites for hydroxylation is 2. The van der Waals surface area contributed by atoms with Gasteiger partial charge in [0.15, 0.2) is 0 Å². The summed E-state index contributed by atoms with van der Waals surface area (Å²) in [5.41, 5.74) is 10.3. The minimum Gasteiger partial charge on any atom is -0.381 e. The minimum absolute atomic E-state index is 0.255. The molecule has 0 aromatic heterocycles. The Balaban J connectivity index is 2.37. The normalized spacial score (nSPS) is 19.2. The van der Waals surface area contributed by atoms with Crippen molar-refractivity contribution in [2.45, 2.75) is 38.5 Å². The number of nitrogens with two attached hydrogens (primary N) is 1. The zero-order valence-electron chi connectivity index (χ0n) is 11.0. The average molecular weight is 233 g/mol. The quantitative estimate of drug-likeness (QED) is 0.871. The molecule has 1 aromatic rings. The summed E-state index contributed by atoms with van der Waals surface area (Å²) < 4.78 is 5.52. The molecule has 0 bridgehead atoms. The molecule has 0 radical (unpaired) electrons. The molecule has 1 aromatic carbocycles. The van der Waals surface area contributed by atoms with E-state index >= 15 is 0 Å². The van der Waals surface area contributed by atoms with Gasteiger partial charge in [0.05, 0.1) is 0 Å². The lowest BCUT2D eigenvalue weighted by atomic mass is 9.70. The van der Waals surface area contributed by atoms with E-state index in [1.165, 1.54) is 16.7 Å². The Morgan fingerprint density at radius 1 is 1.24 bits per heavy atom. The van der Waals surface area contributed by atoms with Crippen molar-refractivity contribution in [3.8, 4) is 0 Å². The van der Waals surface area contributed by atoms with E-state index in [2.05, 4.69) is 32.0 Å². The molecule has 1 heterocycles. The highest BCUT2D eigenvalue weighted by atomic mass is 16.5. The van der Waals surface area contributed by atoms with Crippen LogP contribution in [0.25, 0.3) is 0 Å². The van der Waals surface area contributed by atoms with Crippen LogP contribution in [-0.4, -0.2) is 19.8 Å². The fraction of sp³-hybridized carbons (Fsp3) is 0.600. The summed E-state index contributed by atoms with van der Waals surface area (Å²) in [7, 11) is 0. The number of hydrogen-bond donors (Lipinski definition) is 1. The summed E-state index contributed by atoms with van der Waals surface area (Å²) in [6.45, 7) is 6.86. The van der Waals surface area contributed by atoms with Crippen molar-refractivity contribution in [3.63, 3.8) is 0 Å². The molecule has 2 nitrogen and oxygen atoms in total. The van der Waals surface area contributed by atoms with Crippen LogP contribution < -0.4 is 5.73 Å². The van der Waals surface area contributed by atoms with Crippen LogP contribution in [0, 0.1) is 13.8 Å². The van der Waals surface area contributed by atoms with Crippen molar-refractivity contribution < 1.29 is 4.74 Å². The molecule has 0 amide bonds. The highest BCUT2D eigenvalue weighted by molar-refractivity contribution is 5.37. The Kier molecular flexibility index (Phi) is 3.85. The van der Waals surface area contributed by atoms with Gasteiger partial charge in [0, 0.05) is 18.6 Å². The van der Waals surface area contributed by atoms with Crippen LogP contribution in [0.15, 0.2) is 18.2 Å². The first-order chi connectivity index (χ1) is 8.18. The summed E-state index contributed by atoms with van der Waals surface area (Å²) >= 11 is 0. The molecule has 0 saturated carbocycles. The molecule has 2 N–H and O–H groups in total. The van der Waals surface area contributed by atoms with Crippen molar-refractivity contribution >= 4 is 0 Å². The summed E-state index contributed by atoms with van der Waals surface area (Å²) in [4.78, 5) is 0. The second kappa shape index (κ2) is 5.19. The first-order valence-electron chi connectivity index (χ1n) is 6.53. The maximum atomic E-state index is 5.82. The molecule has 1 aliphatic rings. The van der Waals surface area contributed by atoms with Gasteiger partial charge in [-0.05, 0) is 50.8 Å². The molecular weight excluding hydrogens is 210 g/mol. The van der Waals surface area contributed by atoms with Gasteiger partial charge in [-0.1, -0.05) is 23.8 Å². The Bertz CT molecular complexity index is 375. The lowest BCUT2D eigenvalue weighted by molar-refractivity contribution is 0.0474. The number of rotatable bonds is 3. The third-order valence-electron chi connectivity index (χ3n) is 4.03. The molecule has 0 spiro atoms. The molecular formula is C15H23NO. The second-order valence-corrected chi connectivity index (χ2v) is 5.25. The van der Waals surface area contributed by atoms with Gasteiger partial charge >= 0.3 is 0 Å². The van der Waals surface area contributed by atoms with E-state index in [0.29, 0.717) is 0 Å². The highest BCUT2D eigenvalue weighted by Gasteiger charge is 2.34. The summed E-state index contributed by atoms with van der Waals surface area (Å²) in [5, 5.41) is 0. The van der Waals surface area contributed by atoms with Gasteiger partial charge in [-0.3, -0.25) is 0 Å². The van der Waals surface area contributed by atoms with E-state index in [4.69, 9.17) is 10.5 Å². The van der Waals surface area contributed by atoms with E-state index in [9.17, 15) is 0 Å². The summed E-state index contributed by atoms with van der Waals surface area (Å²) in [6, 6.07) is 6.80. The monoisotopic (exact) mass is 233 g/mol. The van der Waals surface area contributed by atoms with E-state index in [0.717, 1.165) is 39.0 Å². The third kappa shape index (κ3) is 2.53. The molecule has 0 atom stereocenters.